The van der Waals surface area contributed by atoms with Gasteiger partial charge in [0.2, 0.25) is 0 Å². The Morgan fingerprint density at radius 2 is 2.10 bits per heavy atom. The van der Waals surface area contributed by atoms with E-state index >= 15 is 0 Å². The van der Waals surface area contributed by atoms with E-state index in [0.29, 0.717) is 30.3 Å². The molecule has 2 heterocycles. The quantitative estimate of drug-likeness (QED) is 0.686. The SMILES string of the molecule is O=C(N/N=C\c1cccnc1)c1ccc2c(c1)OCCO2. The van der Waals surface area contributed by atoms with E-state index in [2.05, 4.69) is 15.5 Å². The summed E-state index contributed by atoms with van der Waals surface area (Å²) in [6.07, 6.45) is 4.85. The highest BCUT2D eigenvalue weighted by molar-refractivity contribution is 5.95. The van der Waals surface area contributed by atoms with E-state index in [1.807, 2.05) is 6.07 Å². The minimum atomic E-state index is -0.313. The topological polar surface area (TPSA) is 72.8 Å². The first kappa shape index (κ1) is 13.1. The molecule has 0 spiro atoms. The number of carbonyl (C=O) groups excluding carboxylic acids is 1. The van der Waals surface area contributed by atoms with Crippen molar-refractivity contribution in [3.05, 3.63) is 53.9 Å². The van der Waals surface area contributed by atoms with Crippen LogP contribution in [-0.2, 0) is 0 Å². The Bertz CT molecular complexity index is 671. The Kier molecular flexibility index (Phi) is 3.77. The lowest BCUT2D eigenvalue weighted by molar-refractivity contribution is 0.0954. The van der Waals surface area contributed by atoms with Gasteiger partial charge in [0.05, 0.1) is 6.21 Å². The summed E-state index contributed by atoms with van der Waals surface area (Å²) in [5.74, 6) is 0.911. The molecule has 0 bridgehead atoms. The summed E-state index contributed by atoms with van der Waals surface area (Å²) in [7, 11) is 0. The highest BCUT2D eigenvalue weighted by Crippen LogP contribution is 2.30. The number of hydrogen-bond donors (Lipinski definition) is 1. The molecule has 106 valence electrons. The third kappa shape index (κ3) is 3.17. The lowest BCUT2D eigenvalue weighted by Gasteiger charge is -2.18. The third-order valence-corrected chi connectivity index (χ3v) is 2.87. The molecule has 0 unspecified atom stereocenters. The van der Waals surface area contributed by atoms with Crippen molar-refractivity contribution in [2.75, 3.05) is 13.2 Å². The maximum absolute atomic E-state index is 12.0. The number of ether oxygens (including phenoxy) is 2. The van der Waals surface area contributed by atoms with Crippen LogP contribution >= 0.6 is 0 Å². The first-order chi connectivity index (χ1) is 10.3. The molecule has 0 atom stereocenters. The summed E-state index contributed by atoms with van der Waals surface area (Å²) in [5, 5.41) is 3.89. The second-order valence-corrected chi connectivity index (χ2v) is 4.34. The molecule has 1 aromatic carbocycles. The van der Waals surface area contributed by atoms with Crippen LogP contribution < -0.4 is 14.9 Å². The average Bonchev–Trinajstić information content (AvgIpc) is 2.55. The molecule has 3 rings (SSSR count). The van der Waals surface area contributed by atoms with Crippen molar-refractivity contribution in [1.29, 1.82) is 0 Å². The fourth-order valence-electron chi connectivity index (χ4n) is 1.87. The molecule has 21 heavy (non-hydrogen) atoms. The molecule has 6 nitrogen and oxygen atoms in total. The van der Waals surface area contributed by atoms with Crippen LogP contribution in [0.15, 0.2) is 47.8 Å². The van der Waals surface area contributed by atoms with Crippen LogP contribution in [0.3, 0.4) is 0 Å². The Morgan fingerprint density at radius 3 is 2.90 bits per heavy atom. The van der Waals surface area contributed by atoms with Gasteiger partial charge in [0.15, 0.2) is 11.5 Å². The van der Waals surface area contributed by atoms with Gasteiger partial charge < -0.3 is 9.47 Å². The molecule has 1 amide bonds. The Balaban J connectivity index is 1.67. The van der Waals surface area contributed by atoms with Crippen LogP contribution in [0.4, 0.5) is 0 Å². The molecule has 6 heteroatoms. The summed E-state index contributed by atoms with van der Waals surface area (Å²) < 4.78 is 10.8. The maximum atomic E-state index is 12.0. The van der Waals surface area contributed by atoms with E-state index in [1.165, 1.54) is 6.21 Å². The highest BCUT2D eigenvalue weighted by atomic mass is 16.6. The van der Waals surface area contributed by atoms with Crippen molar-refractivity contribution in [3.8, 4) is 11.5 Å². The number of hydrogen-bond acceptors (Lipinski definition) is 5. The van der Waals surface area contributed by atoms with Crippen LogP contribution in [0.2, 0.25) is 0 Å². The van der Waals surface area contributed by atoms with Gasteiger partial charge in [-0.15, -0.1) is 0 Å². The van der Waals surface area contributed by atoms with Crippen molar-refractivity contribution < 1.29 is 14.3 Å². The summed E-state index contributed by atoms with van der Waals surface area (Å²) in [6, 6.07) is 8.66. The predicted molar refractivity (Wildman–Crippen MR) is 76.7 cm³/mol. The molecular formula is C15H13N3O3. The largest absolute Gasteiger partial charge is 0.486 e. The third-order valence-electron chi connectivity index (χ3n) is 2.87. The Hall–Kier alpha value is -2.89. The van der Waals surface area contributed by atoms with Gasteiger partial charge in [-0.2, -0.15) is 5.10 Å². The first-order valence-electron chi connectivity index (χ1n) is 6.46. The number of rotatable bonds is 3. The standard InChI is InChI=1S/C15H13N3O3/c19-15(18-17-10-11-2-1-5-16-9-11)12-3-4-13-14(8-12)21-7-6-20-13/h1-5,8-10H,6-7H2,(H,18,19)/b17-10-. The number of nitrogens with one attached hydrogen (secondary N) is 1. The van der Waals surface area contributed by atoms with E-state index in [9.17, 15) is 4.79 Å². The zero-order chi connectivity index (χ0) is 14.5. The molecule has 0 saturated carbocycles. The Morgan fingerprint density at radius 1 is 1.24 bits per heavy atom. The van der Waals surface area contributed by atoms with Crippen LogP contribution in [0, 0.1) is 0 Å². The molecule has 0 saturated heterocycles. The van der Waals surface area contributed by atoms with Gasteiger partial charge in [-0.25, -0.2) is 5.43 Å². The van der Waals surface area contributed by atoms with Crippen LogP contribution in [0.25, 0.3) is 0 Å². The van der Waals surface area contributed by atoms with E-state index in [1.54, 1.807) is 36.7 Å². The summed E-state index contributed by atoms with van der Waals surface area (Å²) in [5.41, 5.74) is 3.73. The van der Waals surface area contributed by atoms with Crippen molar-refractivity contribution in [2.24, 2.45) is 5.10 Å². The zero-order valence-electron chi connectivity index (χ0n) is 11.2. The van der Waals surface area contributed by atoms with Gasteiger partial charge in [0, 0.05) is 23.5 Å². The van der Waals surface area contributed by atoms with E-state index in [4.69, 9.17) is 9.47 Å². The van der Waals surface area contributed by atoms with Crippen molar-refractivity contribution >= 4 is 12.1 Å². The first-order valence-corrected chi connectivity index (χ1v) is 6.46. The van der Waals surface area contributed by atoms with E-state index < -0.39 is 0 Å². The number of amides is 1. The molecule has 1 aromatic heterocycles. The number of hydrazone groups is 1. The molecule has 0 fully saturated rings. The number of benzene rings is 1. The fourth-order valence-corrected chi connectivity index (χ4v) is 1.87. The predicted octanol–water partition coefficient (Wildman–Crippen LogP) is 1.62. The number of carbonyl (C=O) groups is 1. The highest BCUT2D eigenvalue weighted by Gasteiger charge is 2.14. The zero-order valence-corrected chi connectivity index (χ0v) is 11.2. The molecule has 2 aromatic rings. The normalized spacial score (nSPS) is 13.1. The van der Waals surface area contributed by atoms with Crippen molar-refractivity contribution in [3.63, 3.8) is 0 Å². The summed E-state index contributed by atoms with van der Waals surface area (Å²) in [6.45, 7) is 1.01. The number of aromatic nitrogens is 1. The van der Waals surface area contributed by atoms with Gasteiger partial charge in [0.25, 0.3) is 5.91 Å². The maximum Gasteiger partial charge on any atom is 0.271 e. The number of fused-ring (bicyclic) bond motifs is 1. The van der Waals surface area contributed by atoms with Gasteiger partial charge in [-0.3, -0.25) is 9.78 Å². The van der Waals surface area contributed by atoms with Gasteiger partial charge >= 0.3 is 0 Å². The lowest BCUT2D eigenvalue weighted by atomic mass is 10.2. The van der Waals surface area contributed by atoms with Crippen LogP contribution in [-0.4, -0.2) is 30.3 Å². The molecular weight excluding hydrogens is 270 g/mol. The van der Waals surface area contributed by atoms with Crippen molar-refractivity contribution in [1.82, 2.24) is 10.4 Å². The Labute approximate surface area is 121 Å². The lowest BCUT2D eigenvalue weighted by Crippen LogP contribution is -2.19. The minimum absolute atomic E-state index is 0.313. The van der Waals surface area contributed by atoms with Crippen LogP contribution in [0.5, 0.6) is 11.5 Å². The second kappa shape index (κ2) is 6.04. The number of nitrogens with zero attached hydrogens (tertiary/aromatic N) is 2. The molecule has 0 radical (unpaired) electrons. The minimum Gasteiger partial charge on any atom is -0.486 e. The average molecular weight is 283 g/mol. The van der Waals surface area contributed by atoms with E-state index in [0.717, 1.165) is 5.56 Å². The summed E-state index contributed by atoms with van der Waals surface area (Å²) >= 11 is 0. The van der Waals surface area contributed by atoms with Gasteiger partial charge in [0.1, 0.15) is 13.2 Å². The van der Waals surface area contributed by atoms with E-state index in [-0.39, 0.29) is 5.91 Å². The molecule has 1 N–H and O–H groups in total. The van der Waals surface area contributed by atoms with Crippen LogP contribution in [0.1, 0.15) is 15.9 Å². The smallest absolute Gasteiger partial charge is 0.271 e. The monoisotopic (exact) mass is 283 g/mol. The fraction of sp³-hybridized carbons (Fsp3) is 0.133. The molecule has 1 aliphatic rings. The molecule has 1 aliphatic heterocycles. The number of pyridine rings is 1. The second-order valence-electron chi connectivity index (χ2n) is 4.34. The van der Waals surface area contributed by atoms with Gasteiger partial charge in [-0.05, 0) is 24.3 Å². The summed E-state index contributed by atoms with van der Waals surface area (Å²) in [4.78, 5) is 15.9. The van der Waals surface area contributed by atoms with Crippen molar-refractivity contribution in [2.45, 2.75) is 0 Å². The van der Waals surface area contributed by atoms with Gasteiger partial charge in [-0.1, -0.05) is 6.07 Å². The molecule has 0 aliphatic carbocycles.